The number of benzene rings is 1. The van der Waals surface area contributed by atoms with Gasteiger partial charge in [-0.05, 0) is 18.4 Å². The fourth-order valence-electron chi connectivity index (χ4n) is 1.92. The fourth-order valence-corrected chi connectivity index (χ4v) is 1.92. The average Bonchev–Trinajstić information content (AvgIpc) is 2.38. The van der Waals surface area contributed by atoms with Crippen LogP contribution in [-0.4, -0.2) is 15.0 Å². The molecule has 0 saturated carbocycles. The van der Waals surface area contributed by atoms with E-state index in [-0.39, 0.29) is 0 Å². The van der Waals surface area contributed by atoms with E-state index in [1.165, 1.54) is 5.39 Å². The molecule has 0 bridgehead atoms. The van der Waals surface area contributed by atoms with Crippen LogP contribution in [0.4, 0.5) is 0 Å². The number of fused-ring (bicyclic) bond motifs is 1. The third kappa shape index (κ3) is 1.76. The third-order valence-electron chi connectivity index (χ3n) is 2.75. The van der Waals surface area contributed by atoms with E-state index < -0.39 is 0 Å². The number of pyridine rings is 1. The molecule has 2 heterocycles. The van der Waals surface area contributed by atoms with Gasteiger partial charge < -0.3 is 0 Å². The molecule has 3 nitrogen and oxygen atoms in total. The Morgan fingerprint density at radius 2 is 1.88 bits per heavy atom. The number of hydrogen-bond donors (Lipinski definition) is 0. The zero-order valence-corrected chi connectivity index (χ0v) is 9.46. The van der Waals surface area contributed by atoms with Crippen molar-refractivity contribution >= 4 is 10.8 Å². The van der Waals surface area contributed by atoms with Crippen LogP contribution in [-0.2, 0) is 0 Å². The van der Waals surface area contributed by atoms with Gasteiger partial charge in [-0.2, -0.15) is 0 Å². The molecule has 3 heteroatoms. The Hall–Kier alpha value is -2.29. The van der Waals surface area contributed by atoms with E-state index in [0.29, 0.717) is 0 Å². The number of nitrogens with zero attached hydrogens (tertiary/aromatic N) is 3. The number of aromatic nitrogens is 3. The van der Waals surface area contributed by atoms with E-state index in [2.05, 4.69) is 27.1 Å². The molecule has 3 rings (SSSR count). The summed E-state index contributed by atoms with van der Waals surface area (Å²) in [5.41, 5.74) is 2.93. The summed E-state index contributed by atoms with van der Waals surface area (Å²) in [5.74, 6) is 0. The highest BCUT2D eigenvalue weighted by molar-refractivity contribution is 5.94. The van der Waals surface area contributed by atoms with Gasteiger partial charge in [0.2, 0.25) is 0 Å². The minimum absolute atomic E-state index is 0.918. The summed E-state index contributed by atoms with van der Waals surface area (Å²) in [6.07, 6.45) is 5.31. The maximum atomic E-state index is 4.31. The minimum atomic E-state index is 0.918. The molecule has 0 aliphatic carbocycles. The molecule has 0 saturated heterocycles. The van der Waals surface area contributed by atoms with Gasteiger partial charge in [0.25, 0.3) is 0 Å². The molecule has 0 N–H and O–H groups in total. The number of aryl methyl sites for hydroxylation is 1. The van der Waals surface area contributed by atoms with Gasteiger partial charge in [-0.15, -0.1) is 0 Å². The van der Waals surface area contributed by atoms with Crippen LogP contribution in [0, 0.1) is 6.92 Å². The van der Waals surface area contributed by atoms with Crippen molar-refractivity contribution in [3.8, 4) is 11.3 Å². The van der Waals surface area contributed by atoms with Crippen LogP contribution in [0.25, 0.3) is 22.0 Å². The third-order valence-corrected chi connectivity index (χ3v) is 2.75. The molecule has 0 atom stereocenters. The summed E-state index contributed by atoms with van der Waals surface area (Å²) in [7, 11) is 0. The maximum absolute atomic E-state index is 4.31. The fraction of sp³-hybridized carbons (Fsp3) is 0.0714. The molecule has 0 aliphatic rings. The van der Waals surface area contributed by atoms with Crippen molar-refractivity contribution in [3.63, 3.8) is 0 Å². The van der Waals surface area contributed by atoms with Crippen molar-refractivity contribution in [2.24, 2.45) is 0 Å². The summed E-state index contributed by atoms with van der Waals surface area (Å²) >= 11 is 0. The monoisotopic (exact) mass is 221 g/mol. The molecule has 17 heavy (non-hydrogen) atoms. The summed E-state index contributed by atoms with van der Waals surface area (Å²) in [5, 5.41) is 2.29. The second-order valence-electron chi connectivity index (χ2n) is 3.95. The highest BCUT2D eigenvalue weighted by atomic mass is 14.8. The van der Waals surface area contributed by atoms with E-state index >= 15 is 0 Å². The Morgan fingerprint density at radius 1 is 1.00 bits per heavy atom. The molecule has 0 unspecified atom stereocenters. The van der Waals surface area contributed by atoms with Gasteiger partial charge >= 0.3 is 0 Å². The van der Waals surface area contributed by atoms with Crippen molar-refractivity contribution in [1.82, 2.24) is 15.0 Å². The van der Waals surface area contributed by atoms with E-state index in [1.54, 1.807) is 6.33 Å². The maximum Gasteiger partial charge on any atom is 0.116 e. The summed E-state index contributed by atoms with van der Waals surface area (Å²) < 4.78 is 0. The van der Waals surface area contributed by atoms with Crippen LogP contribution >= 0.6 is 0 Å². The first kappa shape index (κ1) is 9.90. The highest BCUT2D eigenvalue weighted by Gasteiger charge is 2.05. The van der Waals surface area contributed by atoms with Crippen molar-refractivity contribution in [2.45, 2.75) is 6.92 Å². The lowest BCUT2D eigenvalue weighted by atomic mass is 10.1. The molecule has 2 aromatic heterocycles. The topological polar surface area (TPSA) is 38.7 Å². The quantitative estimate of drug-likeness (QED) is 0.634. The van der Waals surface area contributed by atoms with Gasteiger partial charge in [-0.1, -0.05) is 24.3 Å². The van der Waals surface area contributed by atoms with Crippen LogP contribution in [0.5, 0.6) is 0 Å². The van der Waals surface area contributed by atoms with Crippen molar-refractivity contribution in [2.75, 3.05) is 0 Å². The van der Waals surface area contributed by atoms with Crippen LogP contribution in [0.15, 0.2) is 49.1 Å². The Balaban J connectivity index is 2.30. The van der Waals surface area contributed by atoms with Crippen LogP contribution in [0.2, 0.25) is 0 Å². The number of hydrogen-bond acceptors (Lipinski definition) is 3. The normalized spacial score (nSPS) is 10.6. The summed E-state index contributed by atoms with van der Waals surface area (Å²) in [6.45, 7) is 1.96. The van der Waals surface area contributed by atoms with Crippen molar-refractivity contribution < 1.29 is 0 Å². The van der Waals surface area contributed by atoms with Crippen LogP contribution in [0.1, 0.15) is 5.69 Å². The molecule has 82 valence electrons. The van der Waals surface area contributed by atoms with Crippen LogP contribution in [0.3, 0.4) is 0 Å². The lowest BCUT2D eigenvalue weighted by molar-refractivity contribution is 1.11. The van der Waals surface area contributed by atoms with Gasteiger partial charge in [-0.3, -0.25) is 4.98 Å². The molecule has 0 radical (unpaired) electrons. The summed E-state index contributed by atoms with van der Waals surface area (Å²) in [4.78, 5) is 12.7. The lowest BCUT2D eigenvalue weighted by Crippen LogP contribution is -1.90. The molecule has 0 spiro atoms. The molecule has 0 amide bonds. The standard InChI is InChI=1S/C14H11N3/c1-10-6-14(17-9-16-10)13-8-15-7-11-4-2-3-5-12(11)13/h2-9H,1H3. The van der Waals surface area contributed by atoms with Gasteiger partial charge in [0.15, 0.2) is 0 Å². The van der Waals surface area contributed by atoms with Gasteiger partial charge in [0.05, 0.1) is 5.69 Å². The number of rotatable bonds is 1. The van der Waals surface area contributed by atoms with E-state index in [4.69, 9.17) is 0 Å². The van der Waals surface area contributed by atoms with Gasteiger partial charge in [0, 0.05) is 29.0 Å². The van der Waals surface area contributed by atoms with Gasteiger partial charge in [-0.25, -0.2) is 9.97 Å². The molecule has 0 fully saturated rings. The first-order chi connectivity index (χ1) is 8.34. The van der Waals surface area contributed by atoms with E-state index in [1.807, 2.05) is 37.5 Å². The van der Waals surface area contributed by atoms with E-state index in [0.717, 1.165) is 22.3 Å². The molecular weight excluding hydrogens is 210 g/mol. The predicted molar refractivity (Wildman–Crippen MR) is 67.5 cm³/mol. The average molecular weight is 221 g/mol. The molecular formula is C14H11N3. The van der Waals surface area contributed by atoms with Crippen LogP contribution < -0.4 is 0 Å². The molecule has 0 aliphatic heterocycles. The zero-order chi connectivity index (χ0) is 11.7. The second-order valence-corrected chi connectivity index (χ2v) is 3.95. The van der Waals surface area contributed by atoms with Crippen molar-refractivity contribution in [3.05, 3.63) is 54.7 Å². The molecule has 1 aromatic carbocycles. The largest absolute Gasteiger partial charge is 0.263 e. The predicted octanol–water partition coefficient (Wildman–Crippen LogP) is 3.00. The Bertz CT molecular complexity index is 672. The Labute approximate surface area is 99.2 Å². The Morgan fingerprint density at radius 3 is 2.76 bits per heavy atom. The molecule has 3 aromatic rings. The zero-order valence-electron chi connectivity index (χ0n) is 9.46. The first-order valence-electron chi connectivity index (χ1n) is 5.46. The summed E-state index contributed by atoms with van der Waals surface area (Å²) in [6, 6.07) is 10.2. The smallest absolute Gasteiger partial charge is 0.116 e. The van der Waals surface area contributed by atoms with Crippen molar-refractivity contribution in [1.29, 1.82) is 0 Å². The van der Waals surface area contributed by atoms with Gasteiger partial charge in [0.1, 0.15) is 6.33 Å². The first-order valence-corrected chi connectivity index (χ1v) is 5.46. The van der Waals surface area contributed by atoms with E-state index in [9.17, 15) is 0 Å². The highest BCUT2D eigenvalue weighted by Crippen LogP contribution is 2.25. The Kier molecular flexibility index (Phi) is 2.29. The SMILES string of the molecule is Cc1cc(-c2cncc3ccccc23)ncn1. The lowest BCUT2D eigenvalue weighted by Gasteiger charge is -2.05. The minimum Gasteiger partial charge on any atom is -0.263 e. The second kappa shape index (κ2) is 3.94.